The van der Waals surface area contributed by atoms with Gasteiger partial charge in [0, 0.05) is 5.69 Å². The molecule has 0 fully saturated rings. The lowest BCUT2D eigenvalue weighted by Gasteiger charge is -2.10. The molecule has 2 aromatic carbocycles. The van der Waals surface area contributed by atoms with E-state index in [1.165, 1.54) is 7.11 Å². The van der Waals surface area contributed by atoms with Crippen LogP contribution >= 0.6 is 0 Å². The van der Waals surface area contributed by atoms with Crippen molar-refractivity contribution in [2.24, 2.45) is 0 Å². The Morgan fingerprint density at radius 3 is 2.05 bits per heavy atom. The summed E-state index contributed by atoms with van der Waals surface area (Å²) in [6.45, 7) is 3.88. The normalized spacial score (nSPS) is 10.2. The van der Waals surface area contributed by atoms with E-state index >= 15 is 0 Å². The van der Waals surface area contributed by atoms with Gasteiger partial charge in [-0.15, -0.1) is 0 Å². The molecule has 0 saturated carbocycles. The van der Waals surface area contributed by atoms with Crippen LogP contribution < -0.4 is 10.5 Å². The first-order valence-electron chi connectivity index (χ1n) is 6.24. The maximum atomic E-state index is 11.3. The molecule has 0 aliphatic carbocycles. The first-order chi connectivity index (χ1) is 9.51. The van der Waals surface area contributed by atoms with E-state index in [1.807, 2.05) is 26.0 Å². The molecule has 0 spiro atoms. The second kappa shape index (κ2) is 5.65. The highest BCUT2D eigenvalue weighted by Gasteiger charge is 2.06. The number of hydrogen-bond acceptors (Lipinski definition) is 4. The van der Waals surface area contributed by atoms with Crippen molar-refractivity contribution in [1.82, 2.24) is 0 Å². The number of hydrogen-bond donors (Lipinski definition) is 1. The Bertz CT molecular complexity index is 610. The van der Waals surface area contributed by atoms with Crippen molar-refractivity contribution < 1.29 is 14.3 Å². The van der Waals surface area contributed by atoms with Crippen molar-refractivity contribution in [3.05, 3.63) is 53.1 Å². The summed E-state index contributed by atoms with van der Waals surface area (Å²) in [6, 6.07) is 10.6. The van der Waals surface area contributed by atoms with E-state index in [4.69, 9.17) is 10.5 Å². The van der Waals surface area contributed by atoms with E-state index in [0.717, 1.165) is 22.6 Å². The van der Waals surface area contributed by atoms with Crippen LogP contribution in [0.2, 0.25) is 0 Å². The van der Waals surface area contributed by atoms with Crippen LogP contribution in [0.15, 0.2) is 36.4 Å². The van der Waals surface area contributed by atoms with E-state index in [0.29, 0.717) is 11.3 Å². The molecule has 0 aromatic heterocycles. The monoisotopic (exact) mass is 271 g/mol. The molecule has 20 heavy (non-hydrogen) atoms. The quantitative estimate of drug-likeness (QED) is 0.686. The molecule has 0 amide bonds. The SMILES string of the molecule is COC(=O)c1ccc(Oc2cc(C)c(N)c(C)c2)cc1. The second-order valence-corrected chi connectivity index (χ2v) is 4.59. The fourth-order valence-corrected chi connectivity index (χ4v) is 1.91. The Balaban J connectivity index is 2.20. The molecular weight excluding hydrogens is 254 g/mol. The van der Waals surface area contributed by atoms with Crippen LogP contribution in [0.5, 0.6) is 11.5 Å². The smallest absolute Gasteiger partial charge is 0.337 e. The van der Waals surface area contributed by atoms with Crippen LogP contribution in [0, 0.1) is 13.8 Å². The van der Waals surface area contributed by atoms with Crippen LogP contribution in [0.1, 0.15) is 21.5 Å². The molecule has 0 heterocycles. The standard InChI is InChI=1S/C16H17NO3/c1-10-8-14(9-11(2)15(10)17)20-13-6-4-12(5-7-13)16(18)19-3/h4-9H,17H2,1-3H3. The number of esters is 1. The van der Waals surface area contributed by atoms with Crippen molar-refractivity contribution >= 4 is 11.7 Å². The first-order valence-corrected chi connectivity index (χ1v) is 6.24. The Morgan fingerprint density at radius 1 is 1.00 bits per heavy atom. The number of aryl methyl sites for hydroxylation is 2. The number of methoxy groups -OCH3 is 1. The lowest BCUT2D eigenvalue weighted by atomic mass is 10.1. The van der Waals surface area contributed by atoms with Crippen LogP contribution in [-0.4, -0.2) is 13.1 Å². The van der Waals surface area contributed by atoms with Gasteiger partial charge in [-0.2, -0.15) is 0 Å². The van der Waals surface area contributed by atoms with Gasteiger partial charge in [0.2, 0.25) is 0 Å². The summed E-state index contributed by atoms with van der Waals surface area (Å²) in [5, 5.41) is 0. The Morgan fingerprint density at radius 2 is 1.55 bits per heavy atom. The highest BCUT2D eigenvalue weighted by atomic mass is 16.5. The summed E-state index contributed by atoms with van der Waals surface area (Å²) in [7, 11) is 1.35. The van der Waals surface area contributed by atoms with Crippen LogP contribution in [-0.2, 0) is 4.74 Å². The molecule has 2 aromatic rings. The Labute approximate surface area is 118 Å². The Kier molecular flexibility index (Phi) is 3.94. The molecule has 4 nitrogen and oxygen atoms in total. The minimum atomic E-state index is -0.365. The number of nitrogen functional groups attached to an aromatic ring is 1. The molecule has 0 saturated heterocycles. The van der Waals surface area contributed by atoms with Crippen molar-refractivity contribution in [3.63, 3.8) is 0 Å². The van der Waals surface area contributed by atoms with Gasteiger partial charge in [-0.3, -0.25) is 0 Å². The average molecular weight is 271 g/mol. The number of rotatable bonds is 3. The predicted octanol–water partition coefficient (Wildman–Crippen LogP) is 3.46. The molecular formula is C16H17NO3. The molecule has 0 unspecified atom stereocenters. The van der Waals surface area contributed by atoms with Gasteiger partial charge in [0.15, 0.2) is 0 Å². The van der Waals surface area contributed by atoms with E-state index in [9.17, 15) is 4.79 Å². The van der Waals surface area contributed by atoms with Crippen molar-refractivity contribution in [1.29, 1.82) is 0 Å². The third-order valence-electron chi connectivity index (χ3n) is 3.08. The molecule has 0 aliphatic rings. The van der Waals surface area contributed by atoms with Gasteiger partial charge in [-0.05, 0) is 61.4 Å². The molecule has 2 N–H and O–H groups in total. The second-order valence-electron chi connectivity index (χ2n) is 4.59. The van der Waals surface area contributed by atoms with Gasteiger partial charge in [0.1, 0.15) is 11.5 Å². The fraction of sp³-hybridized carbons (Fsp3) is 0.188. The number of nitrogens with two attached hydrogens (primary N) is 1. The van der Waals surface area contributed by atoms with Gasteiger partial charge >= 0.3 is 5.97 Å². The number of anilines is 1. The van der Waals surface area contributed by atoms with E-state index in [-0.39, 0.29) is 5.97 Å². The van der Waals surface area contributed by atoms with Gasteiger partial charge in [-0.1, -0.05) is 0 Å². The van der Waals surface area contributed by atoms with Crippen molar-refractivity contribution in [2.45, 2.75) is 13.8 Å². The molecule has 104 valence electrons. The minimum absolute atomic E-state index is 0.365. The summed E-state index contributed by atoms with van der Waals surface area (Å²) < 4.78 is 10.4. The highest BCUT2D eigenvalue weighted by Crippen LogP contribution is 2.27. The summed E-state index contributed by atoms with van der Waals surface area (Å²) in [5.41, 5.74) is 9.13. The third-order valence-corrected chi connectivity index (χ3v) is 3.08. The molecule has 0 bridgehead atoms. The summed E-state index contributed by atoms with van der Waals surface area (Å²) in [5.74, 6) is 1.01. The fourth-order valence-electron chi connectivity index (χ4n) is 1.91. The molecule has 0 aliphatic heterocycles. The maximum absolute atomic E-state index is 11.3. The highest BCUT2D eigenvalue weighted by molar-refractivity contribution is 5.89. The maximum Gasteiger partial charge on any atom is 0.337 e. The Hall–Kier alpha value is -2.49. The zero-order chi connectivity index (χ0) is 14.7. The topological polar surface area (TPSA) is 61.5 Å². The van der Waals surface area contributed by atoms with Gasteiger partial charge < -0.3 is 15.2 Å². The van der Waals surface area contributed by atoms with Gasteiger partial charge in [0.25, 0.3) is 0 Å². The van der Waals surface area contributed by atoms with Crippen LogP contribution in [0.25, 0.3) is 0 Å². The first kappa shape index (κ1) is 13.9. The van der Waals surface area contributed by atoms with Crippen molar-refractivity contribution in [2.75, 3.05) is 12.8 Å². The molecule has 0 atom stereocenters. The number of carbonyl (C=O) groups is 1. The molecule has 4 heteroatoms. The zero-order valence-corrected chi connectivity index (χ0v) is 11.8. The minimum Gasteiger partial charge on any atom is -0.465 e. The van der Waals surface area contributed by atoms with Crippen LogP contribution in [0.3, 0.4) is 0 Å². The summed E-state index contributed by atoms with van der Waals surface area (Å²) in [4.78, 5) is 11.3. The molecule has 2 rings (SSSR count). The average Bonchev–Trinajstić information content (AvgIpc) is 2.44. The number of benzene rings is 2. The third kappa shape index (κ3) is 2.91. The van der Waals surface area contributed by atoms with Gasteiger partial charge in [-0.25, -0.2) is 4.79 Å². The zero-order valence-electron chi connectivity index (χ0n) is 11.8. The predicted molar refractivity (Wildman–Crippen MR) is 78.2 cm³/mol. The molecule has 0 radical (unpaired) electrons. The summed E-state index contributed by atoms with van der Waals surface area (Å²) >= 11 is 0. The number of carbonyl (C=O) groups excluding carboxylic acids is 1. The van der Waals surface area contributed by atoms with Gasteiger partial charge in [0.05, 0.1) is 12.7 Å². The number of ether oxygens (including phenoxy) is 2. The van der Waals surface area contributed by atoms with E-state index in [2.05, 4.69) is 4.74 Å². The summed E-state index contributed by atoms with van der Waals surface area (Å²) in [6.07, 6.45) is 0. The lowest BCUT2D eigenvalue weighted by Crippen LogP contribution is -2.00. The van der Waals surface area contributed by atoms with E-state index in [1.54, 1.807) is 24.3 Å². The van der Waals surface area contributed by atoms with E-state index < -0.39 is 0 Å². The largest absolute Gasteiger partial charge is 0.465 e. The lowest BCUT2D eigenvalue weighted by molar-refractivity contribution is 0.0600. The van der Waals surface area contributed by atoms with Crippen LogP contribution in [0.4, 0.5) is 5.69 Å². The van der Waals surface area contributed by atoms with Crippen molar-refractivity contribution in [3.8, 4) is 11.5 Å².